The molecule has 6 rings (SSSR count). The third-order valence-corrected chi connectivity index (χ3v) is 7.42. The van der Waals surface area contributed by atoms with Crippen LogP contribution < -0.4 is 14.9 Å². The van der Waals surface area contributed by atoms with Crippen molar-refractivity contribution in [3.05, 3.63) is 136 Å². The van der Waals surface area contributed by atoms with E-state index in [-0.39, 0.29) is 17.1 Å². The van der Waals surface area contributed by atoms with Crippen LogP contribution in [0.3, 0.4) is 0 Å². The number of thiazole rings is 1. The minimum Gasteiger partial charge on any atom is -0.272 e. The van der Waals surface area contributed by atoms with Gasteiger partial charge in [-0.1, -0.05) is 59.9 Å². The van der Waals surface area contributed by atoms with Crippen molar-refractivity contribution < 1.29 is 9.31 Å². The highest BCUT2D eigenvalue weighted by Gasteiger charge is 2.32. The molecule has 0 saturated carbocycles. The summed E-state index contributed by atoms with van der Waals surface area (Å²) >= 11 is 1.25. The second-order valence-electron chi connectivity index (χ2n) is 8.52. The molecule has 8 heteroatoms. The first-order valence-corrected chi connectivity index (χ1v) is 11.9. The monoisotopic (exact) mass is 483 g/mol. The van der Waals surface area contributed by atoms with Crippen LogP contribution in [0.25, 0.3) is 11.8 Å². The predicted octanol–water partition coefficient (Wildman–Crippen LogP) is 4.37. The van der Waals surface area contributed by atoms with Crippen molar-refractivity contribution in [3.8, 4) is 0 Å². The van der Waals surface area contributed by atoms with Gasteiger partial charge in [-0.3, -0.25) is 19.5 Å². The lowest BCUT2D eigenvalue weighted by molar-refractivity contribution is -0.384. The molecule has 0 radical (unpaired) electrons. The van der Waals surface area contributed by atoms with Crippen molar-refractivity contribution in [2.75, 3.05) is 0 Å². The number of fused-ring (bicyclic) bond motifs is 3. The molecule has 1 aliphatic carbocycles. The molecule has 1 unspecified atom stereocenters. The van der Waals surface area contributed by atoms with E-state index in [4.69, 9.17) is 4.99 Å². The van der Waals surface area contributed by atoms with E-state index in [2.05, 4.69) is 6.07 Å². The fourth-order valence-corrected chi connectivity index (χ4v) is 5.85. The standard InChI is InChI=1S/C27H18FN3O3S/c28-19-11-8-18(9-12-19)25-22-13-10-17-5-1-2-7-21(17)24(22)29-27-30(25)26(32)23(35-27)15-16-4-3-6-20(14-16)31(33)34/h1-9,11-12,14-15,25H,10,13H2. The van der Waals surface area contributed by atoms with E-state index in [1.165, 1.54) is 41.2 Å². The zero-order chi connectivity index (χ0) is 24.1. The van der Waals surface area contributed by atoms with Gasteiger partial charge in [-0.2, -0.15) is 0 Å². The number of rotatable bonds is 3. The van der Waals surface area contributed by atoms with Crippen LogP contribution in [0.4, 0.5) is 10.1 Å². The number of non-ortho nitro benzene ring substituents is 1. The smallest absolute Gasteiger partial charge is 0.271 e. The largest absolute Gasteiger partial charge is 0.272 e. The molecule has 0 spiro atoms. The van der Waals surface area contributed by atoms with Crippen molar-refractivity contribution in [1.29, 1.82) is 0 Å². The van der Waals surface area contributed by atoms with Gasteiger partial charge in [-0.15, -0.1) is 0 Å². The van der Waals surface area contributed by atoms with Gasteiger partial charge in [-0.25, -0.2) is 9.38 Å². The van der Waals surface area contributed by atoms with Crippen molar-refractivity contribution in [2.45, 2.75) is 18.9 Å². The van der Waals surface area contributed by atoms with Crippen molar-refractivity contribution in [1.82, 2.24) is 4.57 Å². The van der Waals surface area contributed by atoms with Gasteiger partial charge < -0.3 is 0 Å². The molecule has 3 aromatic carbocycles. The van der Waals surface area contributed by atoms with Crippen LogP contribution in [0, 0.1) is 15.9 Å². The maximum absolute atomic E-state index is 13.7. The summed E-state index contributed by atoms with van der Waals surface area (Å²) in [5.74, 6) is -0.338. The zero-order valence-electron chi connectivity index (χ0n) is 18.3. The number of halogens is 1. The zero-order valence-corrected chi connectivity index (χ0v) is 19.2. The Morgan fingerprint density at radius 2 is 1.86 bits per heavy atom. The SMILES string of the molecule is O=c1c(=Cc2cccc([N+](=O)[O-])c2)sc2n1C(c1ccc(F)cc1)C1=C(N=2)c2ccccc2CC1. The normalized spacial score (nSPS) is 16.8. The summed E-state index contributed by atoms with van der Waals surface area (Å²) in [5.41, 5.74) is 5.28. The van der Waals surface area contributed by atoms with E-state index in [0.29, 0.717) is 14.9 Å². The van der Waals surface area contributed by atoms with Gasteiger partial charge in [0.1, 0.15) is 5.82 Å². The van der Waals surface area contributed by atoms with E-state index < -0.39 is 11.0 Å². The quantitative estimate of drug-likeness (QED) is 0.321. The molecule has 0 amide bonds. The summed E-state index contributed by atoms with van der Waals surface area (Å²) in [6.45, 7) is 0. The van der Waals surface area contributed by atoms with Crippen LogP contribution in [0.1, 0.15) is 34.7 Å². The molecule has 0 bridgehead atoms. The Hall–Kier alpha value is -4.17. The van der Waals surface area contributed by atoms with Crippen LogP contribution in [-0.4, -0.2) is 9.49 Å². The second-order valence-corrected chi connectivity index (χ2v) is 9.53. The number of allylic oxidation sites excluding steroid dienone is 1. The van der Waals surface area contributed by atoms with E-state index in [0.717, 1.165) is 35.2 Å². The molecule has 35 heavy (non-hydrogen) atoms. The number of nitro benzene ring substituents is 1. The number of aromatic nitrogens is 1. The van der Waals surface area contributed by atoms with Gasteiger partial charge in [0.2, 0.25) is 0 Å². The molecule has 172 valence electrons. The summed E-state index contributed by atoms with van der Waals surface area (Å²) in [7, 11) is 0. The van der Waals surface area contributed by atoms with E-state index >= 15 is 0 Å². The van der Waals surface area contributed by atoms with E-state index in [1.54, 1.807) is 34.9 Å². The van der Waals surface area contributed by atoms with Crippen molar-refractivity contribution in [3.63, 3.8) is 0 Å². The molecular formula is C27H18FN3O3S. The van der Waals surface area contributed by atoms with Crippen molar-refractivity contribution >= 4 is 28.8 Å². The van der Waals surface area contributed by atoms with Crippen LogP contribution >= 0.6 is 11.3 Å². The highest BCUT2D eigenvalue weighted by Crippen LogP contribution is 2.41. The molecule has 1 aromatic heterocycles. The summed E-state index contributed by atoms with van der Waals surface area (Å²) in [6.07, 6.45) is 3.24. The summed E-state index contributed by atoms with van der Waals surface area (Å²) in [6, 6.07) is 20.2. The summed E-state index contributed by atoms with van der Waals surface area (Å²) < 4.78 is 15.9. The van der Waals surface area contributed by atoms with Gasteiger partial charge >= 0.3 is 0 Å². The van der Waals surface area contributed by atoms with Gasteiger partial charge in [0.25, 0.3) is 11.2 Å². The highest BCUT2D eigenvalue weighted by atomic mass is 32.1. The van der Waals surface area contributed by atoms with Gasteiger partial charge in [0, 0.05) is 17.7 Å². The second kappa shape index (κ2) is 8.25. The number of aryl methyl sites for hydroxylation is 1. The molecule has 0 fully saturated rings. The highest BCUT2D eigenvalue weighted by molar-refractivity contribution is 7.07. The molecule has 4 aromatic rings. The number of hydrogen-bond donors (Lipinski definition) is 0. The maximum atomic E-state index is 13.7. The minimum absolute atomic E-state index is 0.0391. The van der Waals surface area contributed by atoms with Gasteiger partial charge in [-0.05, 0) is 53.3 Å². The number of nitrogens with zero attached hydrogens (tertiary/aromatic N) is 3. The molecule has 0 N–H and O–H groups in total. The molecule has 2 heterocycles. The number of nitro groups is 1. The summed E-state index contributed by atoms with van der Waals surface area (Å²) in [4.78, 5) is 29.9. The lowest BCUT2D eigenvalue weighted by Gasteiger charge is -2.30. The predicted molar refractivity (Wildman–Crippen MR) is 132 cm³/mol. The summed E-state index contributed by atoms with van der Waals surface area (Å²) in [5, 5.41) is 11.2. The fraction of sp³-hybridized carbons (Fsp3) is 0.111. The number of benzene rings is 3. The topological polar surface area (TPSA) is 77.5 Å². The average Bonchev–Trinajstić information content (AvgIpc) is 3.18. The van der Waals surface area contributed by atoms with Crippen LogP contribution in [-0.2, 0) is 6.42 Å². The first kappa shape index (κ1) is 21.4. The molecule has 0 saturated heterocycles. The molecule has 2 aliphatic rings. The van der Waals surface area contributed by atoms with Crippen molar-refractivity contribution in [2.24, 2.45) is 4.99 Å². The minimum atomic E-state index is -0.459. The van der Waals surface area contributed by atoms with Gasteiger partial charge in [0.05, 0.1) is 21.2 Å². The first-order valence-electron chi connectivity index (χ1n) is 11.1. The molecular weight excluding hydrogens is 465 g/mol. The lowest BCUT2D eigenvalue weighted by atomic mass is 9.83. The Labute approximate surface area is 202 Å². The van der Waals surface area contributed by atoms with Crippen LogP contribution in [0.2, 0.25) is 0 Å². The van der Waals surface area contributed by atoms with E-state index in [9.17, 15) is 19.3 Å². The van der Waals surface area contributed by atoms with Gasteiger partial charge in [0.15, 0.2) is 4.80 Å². The first-order chi connectivity index (χ1) is 17.0. The lowest BCUT2D eigenvalue weighted by Crippen LogP contribution is -2.38. The number of hydrogen-bond acceptors (Lipinski definition) is 5. The Morgan fingerprint density at radius 3 is 2.66 bits per heavy atom. The third-order valence-electron chi connectivity index (χ3n) is 6.44. The average molecular weight is 484 g/mol. The third kappa shape index (κ3) is 3.63. The molecule has 1 atom stereocenters. The van der Waals surface area contributed by atoms with E-state index in [1.807, 2.05) is 18.2 Å². The van der Waals surface area contributed by atoms with Crippen LogP contribution in [0.5, 0.6) is 0 Å². The Balaban J connectivity index is 1.60. The Kier molecular flexibility index (Phi) is 5.04. The molecule has 1 aliphatic heterocycles. The molecule has 6 nitrogen and oxygen atoms in total. The fourth-order valence-electron chi connectivity index (χ4n) is 4.85. The Bertz CT molecular complexity index is 1720. The Morgan fingerprint density at radius 1 is 1.06 bits per heavy atom. The van der Waals surface area contributed by atoms with Crippen LogP contribution in [0.15, 0.2) is 88.2 Å². The maximum Gasteiger partial charge on any atom is 0.271 e.